The number of rotatable bonds is 8. The van der Waals surface area contributed by atoms with Crippen molar-refractivity contribution in [3.63, 3.8) is 0 Å². The number of phenols is 1. The number of aryl methyl sites for hydroxylation is 2. The maximum Gasteiger partial charge on any atom is 0.340 e. The molecule has 0 spiro atoms. The normalized spacial score (nSPS) is 10.5. The molecular weight excluding hydrogens is 418 g/mol. The first-order valence-corrected chi connectivity index (χ1v) is 10.1. The Labute approximate surface area is 187 Å². The lowest BCUT2D eigenvalue weighted by atomic mass is 10.0. The van der Waals surface area contributed by atoms with Crippen molar-refractivity contribution in [3.05, 3.63) is 69.1 Å². The minimum atomic E-state index is -0.600. The highest BCUT2D eigenvalue weighted by Crippen LogP contribution is 2.30. The molecule has 2 aromatic carbocycles. The van der Waals surface area contributed by atoms with Gasteiger partial charge in [0.05, 0.1) is 24.7 Å². The van der Waals surface area contributed by atoms with Crippen molar-refractivity contribution >= 4 is 35.0 Å². The second-order valence-electron chi connectivity index (χ2n) is 7.34. The van der Waals surface area contributed by atoms with Gasteiger partial charge in [-0.1, -0.05) is 25.5 Å². The SMILES string of the molecule is CCCCc1ccc(NCc2c(O)ccc3c(C)c(CC(=O)OC)c(=O)oc23)cc1.Cl. The van der Waals surface area contributed by atoms with Crippen LogP contribution in [0.15, 0.2) is 45.6 Å². The number of aromatic hydroxyl groups is 1. The summed E-state index contributed by atoms with van der Waals surface area (Å²) in [6, 6.07) is 11.4. The van der Waals surface area contributed by atoms with Gasteiger partial charge in [0.1, 0.15) is 11.3 Å². The summed E-state index contributed by atoms with van der Waals surface area (Å²) in [4.78, 5) is 24.1. The van der Waals surface area contributed by atoms with Gasteiger partial charge in [0.15, 0.2) is 0 Å². The second-order valence-corrected chi connectivity index (χ2v) is 7.34. The van der Waals surface area contributed by atoms with Crippen LogP contribution in [-0.2, 0) is 28.9 Å². The van der Waals surface area contributed by atoms with Crippen LogP contribution in [0.4, 0.5) is 5.69 Å². The third-order valence-corrected chi connectivity index (χ3v) is 5.32. The van der Waals surface area contributed by atoms with E-state index in [1.807, 2.05) is 12.1 Å². The average Bonchev–Trinajstić information content (AvgIpc) is 2.75. The fourth-order valence-electron chi connectivity index (χ4n) is 3.45. The summed E-state index contributed by atoms with van der Waals surface area (Å²) in [6.45, 7) is 4.22. The van der Waals surface area contributed by atoms with Gasteiger partial charge in [0.2, 0.25) is 0 Å². The van der Waals surface area contributed by atoms with E-state index >= 15 is 0 Å². The first-order chi connectivity index (χ1) is 14.4. The molecule has 0 aliphatic carbocycles. The number of nitrogens with one attached hydrogen (secondary N) is 1. The highest BCUT2D eigenvalue weighted by Gasteiger charge is 2.18. The van der Waals surface area contributed by atoms with Crippen LogP contribution >= 0.6 is 12.4 Å². The zero-order chi connectivity index (χ0) is 21.7. The molecule has 0 aliphatic rings. The molecule has 0 saturated carbocycles. The van der Waals surface area contributed by atoms with Crippen LogP contribution in [0.1, 0.15) is 42.0 Å². The molecule has 1 aromatic heterocycles. The number of unbranched alkanes of at least 4 members (excludes halogenated alkanes) is 1. The Balaban J connectivity index is 0.00000341. The molecule has 0 aliphatic heterocycles. The molecule has 6 nitrogen and oxygen atoms in total. The third kappa shape index (κ3) is 5.58. The lowest BCUT2D eigenvalue weighted by Crippen LogP contribution is -2.16. The average molecular weight is 446 g/mol. The lowest BCUT2D eigenvalue weighted by Gasteiger charge is -2.13. The van der Waals surface area contributed by atoms with Gasteiger partial charge in [-0.3, -0.25) is 4.79 Å². The third-order valence-electron chi connectivity index (χ3n) is 5.32. The number of hydrogen-bond acceptors (Lipinski definition) is 6. The van der Waals surface area contributed by atoms with Crippen molar-refractivity contribution in [1.29, 1.82) is 0 Å². The van der Waals surface area contributed by atoms with Gasteiger partial charge < -0.3 is 19.6 Å². The van der Waals surface area contributed by atoms with Crippen LogP contribution in [0.3, 0.4) is 0 Å². The number of hydrogen-bond donors (Lipinski definition) is 2. The molecule has 0 radical (unpaired) electrons. The summed E-state index contributed by atoms with van der Waals surface area (Å²) in [5.41, 5.74) is 3.32. The number of ether oxygens (including phenoxy) is 1. The second kappa shape index (κ2) is 10.9. The molecule has 3 aromatic rings. The molecule has 0 saturated heterocycles. The zero-order valence-corrected chi connectivity index (χ0v) is 18.8. The standard InChI is InChI=1S/C24H27NO5.ClH/c1-4-5-6-16-7-9-17(10-8-16)25-14-20-21(26)12-11-18-15(2)19(13-22(27)29-3)24(28)30-23(18)20;/h7-12,25-26H,4-6,13-14H2,1-3H3;1H. The summed E-state index contributed by atoms with van der Waals surface area (Å²) in [6.07, 6.45) is 3.22. The van der Waals surface area contributed by atoms with Gasteiger partial charge in [-0.05, 0) is 55.2 Å². The number of halogens is 1. The van der Waals surface area contributed by atoms with Crippen LogP contribution in [-0.4, -0.2) is 18.2 Å². The molecule has 0 unspecified atom stereocenters. The number of anilines is 1. The van der Waals surface area contributed by atoms with E-state index in [4.69, 9.17) is 4.42 Å². The van der Waals surface area contributed by atoms with E-state index in [9.17, 15) is 14.7 Å². The van der Waals surface area contributed by atoms with Crippen LogP contribution in [0.5, 0.6) is 5.75 Å². The molecular formula is C24H28ClNO5. The van der Waals surface area contributed by atoms with E-state index < -0.39 is 11.6 Å². The predicted octanol–water partition coefficient (Wildman–Crippen LogP) is 4.90. The molecule has 0 fully saturated rings. The van der Waals surface area contributed by atoms with E-state index in [1.54, 1.807) is 19.1 Å². The van der Waals surface area contributed by atoms with E-state index in [0.717, 1.165) is 24.9 Å². The summed E-state index contributed by atoms with van der Waals surface area (Å²) >= 11 is 0. The first kappa shape index (κ1) is 24.3. The topological polar surface area (TPSA) is 88.8 Å². The van der Waals surface area contributed by atoms with Crippen molar-refractivity contribution in [3.8, 4) is 5.75 Å². The Hall–Kier alpha value is -2.99. The molecule has 0 amide bonds. The Morgan fingerprint density at radius 2 is 1.84 bits per heavy atom. The van der Waals surface area contributed by atoms with E-state index in [1.165, 1.54) is 12.7 Å². The zero-order valence-electron chi connectivity index (χ0n) is 18.0. The van der Waals surface area contributed by atoms with Gasteiger partial charge in [-0.25, -0.2) is 4.79 Å². The quantitative estimate of drug-likeness (QED) is 0.378. The largest absolute Gasteiger partial charge is 0.507 e. The summed E-state index contributed by atoms with van der Waals surface area (Å²) in [5, 5.41) is 14.3. The van der Waals surface area contributed by atoms with Gasteiger partial charge in [-0.15, -0.1) is 12.4 Å². The van der Waals surface area contributed by atoms with Crippen molar-refractivity contribution in [2.75, 3.05) is 12.4 Å². The Bertz CT molecular complexity index is 1110. The van der Waals surface area contributed by atoms with Crippen LogP contribution in [0.25, 0.3) is 11.0 Å². The summed E-state index contributed by atoms with van der Waals surface area (Å²) < 4.78 is 10.2. The molecule has 166 valence electrons. The van der Waals surface area contributed by atoms with Crippen molar-refractivity contribution in [2.24, 2.45) is 0 Å². The molecule has 0 atom stereocenters. The van der Waals surface area contributed by atoms with E-state index in [2.05, 4.69) is 29.1 Å². The van der Waals surface area contributed by atoms with Gasteiger partial charge in [0.25, 0.3) is 0 Å². The lowest BCUT2D eigenvalue weighted by molar-refractivity contribution is -0.139. The van der Waals surface area contributed by atoms with Crippen LogP contribution in [0, 0.1) is 6.92 Å². The Morgan fingerprint density at radius 1 is 1.13 bits per heavy atom. The number of esters is 1. The Morgan fingerprint density at radius 3 is 2.48 bits per heavy atom. The van der Waals surface area contributed by atoms with Crippen LogP contribution < -0.4 is 10.9 Å². The molecule has 2 N–H and O–H groups in total. The van der Waals surface area contributed by atoms with Crippen LogP contribution in [0.2, 0.25) is 0 Å². The van der Waals surface area contributed by atoms with E-state index in [-0.39, 0.29) is 36.7 Å². The predicted molar refractivity (Wildman–Crippen MR) is 124 cm³/mol. The van der Waals surface area contributed by atoms with Gasteiger partial charge in [0, 0.05) is 17.6 Å². The number of fused-ring (bicyclic) bond motifs is 1. The molecule has 7 heteroatoms. The van der Waals surface area contributed by atoms with Crippen molar-refractivity contribution in [1.82, 2.24) is 0 Å². The van der Waals surface area contributed by atoms with Gasteiger partial charge in [-0.2, -0.15) is 0 Å². The van der Waals surface area contributed by atoms with Gasteiger partial charge >= 0.3 is 11.6 Å². The smallest absolute Gasteiger partial charge is 0.340 e. The maximum absolute atomic E-state index is 12.5. The highest BCUT2D eigenvalue weighted by molar-refractivity contribution is 5.87. The molecule has 0 bridgehead atoms. The number of phenolic OH excluding ortho intramolecular Hbond substituents is 1. The summed E-state index contributed by atoms with van der Waals surface area (Å²) in [5.74, 6) is -0.467. The Kier molecular flexibility index (Phi) is 8.51. The molecule has 3 rings (SSSR count). The maximum atomic E-state index is 12.5. The highest BCUT2D eigenvalue weighted by atomic mass is 35.5. The number of carbonyl (C=O) groups excluding carboxylic acids is 1. The minimum Gasteiger partial charge on any atom is -0.507 e. The first-order valence-electron chi connectivity index (χ1n) is 10.1. The van der Waals surface area contributed by atoms with Crippen molar-refractivity contribution in [2.45, 2.75) is 46.1 Å². The fraction of sp³-hybridized carbons (Fsp3) is 0.333. The number of carbonyl (C=O) groups is 1. The van der Waals surface area contributed by atoms with E-state index in [0.29, 0.717) is 22.1 Å². The fourth-order valence-corrected chi connectivity index (χ4v) is 3.45. The monoisotopic (exact) mass is 445 g/mol. The number of benzene rings is 2. The summed E-state index contributed by atoms with van der Waals surface area (Å²) in [7, 11) is 1.28. The molecule has 1 heterocycles. The van der Waals surface area contributed by atoms with Crippen molar-refractivity contribution < 1.29 is 19.1 Å². The molecule has 31 heavy (non-hydrogen) atoms. The number of methoxy groups -OCH3 is 1. The minimum absolute atomic E-state index is 0.